The zero-order valence-electron chi connectivity index (χ0n) is 21.4. The van der Waals surface area contributed by atoms with E-state index in [0.717, 1.165) is 33.4 Å². The zero-order chi connectivity index (χ0) is 26.2. The summed E-state index contributed by atoms with van der Waals surface area (Å²) in [5.41, 5.74) is 10.3. The van der Waals surface area contributed by atoms with Crippen molar-refractivity contribution in [1.29, 1.82) is 0 Å². The standard InChI is InChI=1S/C35H24N4/c1-23-6-7-30-31(20-23)35(33-22-39-19-13-27(33)25-10-16-37-17-11-25)29-5-3-2-4-28(29)34(30)32-21-38-18-12-26(32)24-8-14-36-15-9-24/h2-22H,1H3. The lowest BCUT2D eigenvalue weighted by atomic mass is 9.83. The molecule has 4 aromatic heterocycles. The van der Waals surface area contributed by atoms with Crippen molar-refractivity contribution in [2.24, 2.45) is 0 Å². The van der Waals surface area contributed by atoms with Gasteiger partial charge in [0.2, 0.25) is 0 Å². The van der Waals surface area contributed by atoms with E-state index in [1.165, 1.54) is 38.2 Å². The fourth-order valence-electron chi connectivity index (χ4n) is 5.63. The minimum absolute atomic E-state index is 1.10. The van der Waals surface area contributed by atoms with Gasteiger partial charge in [-0.1, -0.05) is 48.0 Å². The van der Waals surface area contributed by atoms with Crippen LogP contribution in [0.15, 0.2) is 128 Å². The molecule has 0 fully saturated rings. The van der Waals surface area contributed by atoms with Gasteiger partial charge in [0, 0.05) is 60.7 Å². The van der Waals surface area contributed by atoms with Crippen molar-refractivity contribution in [3.05, 3.63) is 134 Å². The predicted molar refractivity (Wildman–Crippen MR) is 159 cm³/mol. The molecule has 0 amide bonds. The molecule has 4 heterocycles. The van der Waals surface area contributed by atoms with Crippen LogP contribution < -0.4 is 0 Å². The molecule has 0 spiro atoms. The van der Waals surface area contributed by atoms with E-state index in [1.54, 1.807) is 0 Å². The van der Waals surface area contributed by atoms with Crippen LogP contribution in [-0.2, 0) is 0 Å². The molecule has 0 unspecified atom stereocenters. The lowest BCUT2D eigenvalue weighted by Crippen LogP contribution is -1.95. The normalized spacial score (nSPS) is 11.2. The first-order valence-electron chi connectivity index (χ1n) is 12.9. The minimum atomic E-state index is 1.10. The maximum Gasteiger partial charge on any atom is 0.0353 e. The van der Waals surface area contributed by atoms with Crippen LogP contribution in [0.3, 0.4) is 0 Å². The van der Waals surface area contributed by atoms with Gasteiger partial charge in [-0.2, -0.15) is 0 Å². The van der Waals surface area contributed by atoms with Crippen molar-refractivity contribution >= 4 is 21.5 Å². The molecule has 0 aliphatic rings. The molecule has 0 N–H and O–H groups in total. The smallest absolute Gasteiger partial charge is 0.0353 e. The van der Waals surface area contributed by atoms with E-state index in [9.17, 15) is 0 Å². The fraction of sp³-hybridized carbons (Fsp3) is 0.0286. The Labute approximate surface area is 226 Å². The van der Waals surface area contributed by atoms with Crippen molar-refractivity contribution in [1.82, 2.24) is 19.9 Å². The predicted octanol–water partition coefficient (Wildman–Crippen LogP) is 8.55. The Morgan fingerprint density at radius 3 is 1.41 bits per heavy atom. The summed E-state index contributed by atoms with van der Waals surface area (Å²) in [6.45, 7) is 2.15. The number of aromatic nitrogens is 4. The molecular formula is C35H24N4. The second-order valence-electron chi connectivity index (χ2n) is 9.66. The Kier molecular flexibility index (Phi) is 5.64. The molecular weight excluding hydrogens is 476 g/mol. The Hall–Kier alpha value is -5.22. The van der Waals surface area contributed by atoms with Gasteiger partial charge in [-0.15, -0.1) is 0 Å². The van der Waals surface area contributed by atoms with E-state index in [2.05, 4.69) is 106 Å². The van der Waals surface area contributed by atoms with Crippen LogP contribution in [0.5, 0.6) is 0 Å². The van der Waals surface area contributed by atoms with Crippen molar-refractivity contribution in [3.63, 3.8) is 0 Å². The highest BCUT2D eigenvalue weighted by atomic mass is 14.6. The van der Waals surface area contributed by atoms with Gasteiger partial charge in [-0.05, 0) is 98.2 Å². The Bertz CT molecular complexity index is 1970. The van der Waals surface area contributed by atoms with Crippen LogP contribution >= 0.6 is 0 Å². The maximum absolute atomic E-state index is 4.59. The molecule has 3 aromatic carbocycles. The van der Waals surface area contributed by atoms with Crippen LogP contribution in [0.4, 0.5) is 0 Å². The van der Waals surface area contributed by atoms with Crippen LogP contribution in [0, 0.1) is 6.92 Å². The van der Waals surface area contributed by atoms with Crippen molar-refractivity contribution in [2.75, 3.05) is 0 Å². The average Bonchev–Trinajstić information content (AvgIpc) is 3.01. The van der Waals surface area contributed by atoms with Crippen molar-refractivity contribution in [3.8, 4) is 44.5 Å². The summed E-state index contributed by atoms with van der Waals surface area (Å²) in [4.78, 5) is 17.6. The first kappa shape index (κ1) is 22.9. The van der Waals surface area contributed by atoms with E-state index in [4.69, 9.17) is 0 Å². The summed E-state index contributed by atoms with van der Waals surface area (Å²) < 4.78 is 0. The van der Waals surface area contributed by atoms with Gasteiger partial charge in [-0.25, -0.2) is 0 Å². The summed E-state index contributed by atoms with van der Waals surface area (Å²) in [5.74, 6) is 0. The minimum Gasteiger partial charge on any atom is -0.265 e. The highest BCUT2D eigenvalue weighted by molar-refractivity contribution is 6.23. The van der Waals surface area contributed by atoms with Gasteiger partial charge < -0.3 is 0 Å². The monoisotopic (exact) mass is 500 g/mol. The third-order valence-corrected chi connectivity index (χ3v) is 7.34. The van der Waals surface area contributed by atoms with Crippen molar-refractivity contribution < 1.29 is 0 Å². The lowest BCUT2D eigenvalue weighted by Gasteiger charge is -2.21. The molecule has 0 saturated carbocycles. The van der Waals surface area contributed by atoms with E-state index >= 15 is 0 Å². The quantitative estimate of drug-likeness (QED) is 0.227. The molecule has 0 bridgehead atoms. The number of benzene rings is 3. The van der Waals surface area contributed by atoms with E-state index in [1.807, 2.05) is 49.6 Å². The molecule has 7 rings (SSSR count). The molecule has 0 aliphatic carbocycles. The van der Waals surface area contributed by atoms with E-state index < -0.39 is 0 Å². The maximum atomic E-state index is 4.59. The van der Waals surface area contributed by atoms with Crippen LogP contribution in [0.25, 0.3) is 66.1 Å². The van der Waals surface area contributed by atoms with Gasteiger partial charge in [0.25, 0.3) is 0 Å². The SMILES string of the molecule is Cc1ccc2c(-c3cnccc3-c3ccncc3)c3ccccc3c(-c3cnccc3-c3ccncc3)c2c1. The average molecular weight is 501 g/mol. The number of hydrogen-bond acceptors (Lipinski definition) is 4. The van der Waals surface area contributed by atoms with Gasteiger partial charge in [-0.3, -0.25) is 19.9 Å². The highest BCUT2D eigenvalue weighted by Crippen LogP contribution is 2.47. The summed E-state index contributed by atoms with van der Waals surface area (Å²) in [5, 5.41) is 4.73. The van der Waals surface area contributed by atoms with E-state index in [0.29, 0.717) is 0 Å². The third kappa shape index (κ3) is 3.94. The second kappa shape index (κ2) is 9.58. The molecule has 4 nitrogen and oxygen atoms in total. The highest BCUT2D eigenvalue weighted by Gasteiger charge is 2.21. The first-order chi connectivity index (χ1) is 19.3. The van der Waals surface area contributed by atoms with Crippen LogP contribution in [0.2, 0.25) is 0 Å². The number of fused-ring (bicyclic) bond motifs is 2. The number of pyridine rings is 4. The molecule has 0 saturated heterocycles. The molecule has 0 aliphatic heterocycles. The van der Waals surface area contributed by atoms with Gasteiger partial charge in [0.05, 0.1) is 0 Å². The number of hydrogen-bond donors (Lipinski definition) is 0. The summed E-state index contributed by atoms with van der Waals surface area (Å²) in [6, 6.07) is 27.8. The zero-order valence-corrected chi connectivity index (χ0v) is 21.4. The Morgan fingerprint density at radius 1 is 0.410 bits per heavy atom. The summed E-state index contributed by atoms with van der Waals surface area (Å²) in [6.07, 6.45) is 15.1. The molecule has 0 atom stereocenters. The summed E-state index contributed by atoms with van der Waals surface area (Å²) in [7, 11) is 0. The van der Waals surface area contributed by atoms with Gasteiger partial charge in [0.1, 0.15) is 0 Å². The lowest BCUT2D eigenvalue weighted by molar-refractivity contribution is 1.31. The van der Waals surface area contributed by atoms with Crippen LogP contribution in [0.1, 0.15) is 5.56 Å². The first-order valence-corrected chi connectivity index (χ1v) is 12.9. The molecule has 184 valence electrons. The van der Waals surface area contributed by atoms with Crippen molar-refractivity contribution in [2.45, 2.75) is 6.92 Å². The Balaban J connectivity index is 1.63. The largest absolute Gasteiger partial charge is 0.265 e. The third-order valence-electron chi connectivity index (χ3n) is 7.34. The van der Waals surface area contributed by atoms with E-state index in [-0.39, 0.29) is 0 Å². The summed E-state index contributed by atoms with van der Waals surface area (Å²) >= 11 is 0. The Morgan fingerprint density at radius 2 is 0.872 bits per heavy atom. The van der Waals surface area contributed by atoms with Crippen LogP contribution in [-0.4, -0.2) is 19.9 Å². The topological polar surface area (TPSA) is 51.6 Å². The molecule has 0 radical (unpaired) electrons. The number of nitrogens with zero attached hydrogens (tertiary/aromatic N) is 4. The molecule has 39 heavy (non-hydrogen) atoms. The van der Waals surface area contributed by atoms with Gasteiger partial charge in [0.15, 0.2) is 0 Å². The second-order valence-corrected chi connectivity index (χ2v) is 9.66. The fourth-order valence-corrected chi connectivity index (χ4v) is 5.63. The molecule has 7 aromatic rings. The number of rotatable bonds is 4. The van der Waals surface area contributed by atoms with Gasteiger partial charge >= 0.3 is 0 Å². The number of aryl methyl sites for hydroxylation is 1. The molecule has 4 heteroatoms.